The third kappa shape index (κ3) is 2.59. The summed E-state index contributed by atoms with van der Waals surface area (Å²) in [6.07, 6.45) is 4.43. The molecule has 2 rings (SSSR count). The zero-order chi connectivity index (χ0) is 12.5. The van der Waals surface area contributed by atoms with Gasteiger partial charge < -0.3 is 0 Å². The molecular formula is C10H14ClN3O2S. The fourth-order valence-corrected chi connectivity index (χ4v) is 3.45. The average molecular weight is 276 g/mol. The zero-order valence-electron chi connectivity index (χ0n) is 9.50. The van der Waals surface area contributed by atoms with Crippen molar-refractivity contribution in [1.29, 1.82) is 0 Å². The van der Waals surface area contributed by atoms with E-state index in [1.54, 1.807) is 0 Å². The van der Waals surface area contributed by atoms with Gasteiger partial charge in [0.15, 0.2) is 0 Å². The molecule has 0 amide bonds. The van der Waals surface area contributed by atoms with Crippen molar-refractivity contribution in [2.75, 3.05) is 13.1 Å². The van der Waals surface area contributed by atoms with Crippen molar-refractivity contribution < 1.29 is 8.42 Å². The van der Waals surface area contributed by atoms with Crippen molar-refractivity contribution in [3.05, 3.63) is 17.7 Å². The second kappa shape index (κ2) is 4.88. The van der Waals surface area contributed by atoms with Gasteiger partial charge in [-0.1, -0.05) is 13.3 Å². The molecule has 1 unspecified atom stereocenters. The molecule has 5 nitrogen and oxygen atoms in total. The molecule has 0 bridgehead atoms. The first-order valence-electron chi connectivity index (χ1n) is 5.51. The van der Waals surface area contributed by atoms with Crippen LogP contribution in [-0.4, -0.2) is 35.8 Å². The second-order valence-electron chi connectivity index (χ2n) is 4.11. The molecule has 0 spiro atoms. The van der Waals surface area contributed by atoms with E-state index in [1.807, 2.05) is 0 Å². The van der Waals surface area contributed by atoms with Crippen LogP contribution in [0.15, 0.2) is 17.3 Å². The van der Waals surface area contributed by atoms with E-state index in [0.29, 0.717) is 19.0 Å². The lowest BCUT2D eigenvalue weighted by Crippen LogP contribution is -2.29. The third-order valence-electron chi connectivity index (χ3n) is 3.06. The van der Waals surface area contributed by atoms with Gasteiger partial charge in [0, 0.05) is 13.1 Å². The van der Waals surface area contributed by atoms with Crippen molar-refractivity contribution in [2.24, 2.45) is 5.92 Å². The van der Waals surface area contributed by atoms with Crippen molar-refractivity contribution in [3.8, 4) is 0 Å². The van der Waals surface area contributed by atoms with E-state index in [-0.39, 0.29) is 10.2 Å². The van der Waals surface area contributed by atoms with E-state index in [0.717, 1.165) is 12.8 Å². The summed E-state index contributed by atoms with van der Waals surface area (Å²) >= 11 is 5.54. The Labute approximate surface area is 106 Å². The summed E-state index contributed by atoms with van der Waals surface area (Å²) in [5.74, 6) is 0.456. The van der Waals surface area contributed by atoms with E-state index < -0.39 is 10.0 Å². The number of aromatic nitrogens is 2. The number of sulfonamides is 1. The van der Waals surface area contributed by atoms with Crippen LogP contribution in [0.4, 0.5) is 0 Å². The van der Waals surface area contributed by atoms with Crippen LogP contribution < -0.4 is 0 Å². The van der Waals surface area contributed by atoms with Gasteiger partial charge >= 0.3 is 0 Å². The largest absolute Gasteiger partial charge is 0.246 e. The Kier molecular flexibility index (Phi) is 3.65. The van der Waals surface area contributed by atoms with Gasteiger partial charge in [0.05, 0.1) is 12.4 Å². The van der Waals surface area contributed by atoms with Crippen LogP contribution in [0.3, 0.4) is 0 Å². The first kappa shape index (κ1) is 12.7. The number of rotatable bonds is 3. The maximum Gasteiger partial charge on any atom is 0.246 e. The quantitative estimate of drug-likeness (QED) is 0.785. The van der Waals surface area contributed by atoms with Gasteiger partial charge in [0.2, 0.25) is 15.3 Å². The van der Waals surface area contributed by atoms with Crippen molar-refractivity contribution in [3.63, 3.8) is 0 Å². The van der Waals surface area contributed by atoms with Gasteiger partial charge in [0.25, 0.3) is 0 Å². The van der Waals surface area contributed by atoms with Crippen molar-refractivity contribution in [2.45, 2.75) is 24.7 Å². The summed E-state index contributed by atoms with van der Waals surface area (Å²) < 4.78 is 25.9. The lowest BCUT2D eigenvalue weighted by molar-refractivity contribution is 0.452. The topological polar surface area (TPSA) is 63.2 Å². The number of halogens is 1. The molecule has 17 heavy (non-hydrogen) atoms. The summed E-state index contributed by atoms with van der Waals surface area (Å²) in [4.78, 5) is 7.52. The monoisotopic (exact) mass is 275 g/mol. The molecule has 1 aliphatic rings. The SMILES string of the molecule is CCC1CCN(S(=O)(=O)c2cnc(Cl)nc2)C1. The molecular weight excluding hydrogens is 262 g/mol. The molecule has 0 saturated carbocycles. The smallest absolute Gasteiger partial charge is 0.225 e. The van der Waals surface area contributed by atoms with Gasteiger partial charge in [-0.25, -0.2) is 18.4 Å². The van der Waals surface area contributed by atoms with E-state index in [9.17, 15) is 8.42 Å². The van der Waals surface area contributed by atoms with Crippen LogP contribution in [-0.2, 0) is 10.0 Å². The highest BCUT2D eigenvalue weighted by Crippen LogP contribution is 2.25. The molecule has 0 aromatic carbocycles. The summed E-state index contributed by atoms with van der Waals surface area (Å²) in [6.45, 7) is 3.23. The molecule has 0 aliphatic carbocycles. The van der Waals surface area contributed by atoms with E-state index in [4.69, 9.17) is 11.6 Å². The summed E-state index contributed by atoms with van der Waals surface area (Å²) in [6, 6.07) is 0. The predicted octanol–water partition coefficient (Wildman–Crippen LogP) is 1.55. The van der Waals surface area contributed by atoms with Crippen LogP contribution in [0.1, 0.15) is 19.8 Å². The van der Waals surface area contributed by atoms with E-state index in [2.05, 4.69) is 16.9 Å². The standard InChI is InChI=1S/C10H14ClN3O2S/c1-2-8-3-4-14(7-8)17(15,16)9-5-12-10(11)13-6-9/h5-6,8H,2-4,7H2,1H3. The Balaban J connectivity index is 2.22. The Morgan fingerprint density at radius 2 is 2.12 bits per heavy atom. The van der Waals surface area contributed by atoms with Crippen LogP contribution in [0.5, 0.6) is 0 Å². The molecule has 1 saturated heterocycles. The first-order chi connectivity index (χ1) is 8.04. The van der Waals surface area contributed by atoms with Gasteiger partial charge in [-0.2, -0.15) is 4.31 Å². The van der Waals surface area contributed by atoms with Crippen LogP contribution in [0.2, 0.25) is 5.28 Å². The van der Waals surface area contributed by atoms with Crippen LogP contribution >= 0.6 is 11.6 Å². The molecule has 1 atom stereocenters. The summed E-state index contributed by atoms with van der Waals surface area (Å²) in [5.41, 5.74) is 0. The Hall–Kier alpha value is -0.720. The molecule has 7 heteroatoms. The van der Waals surface area contributed by atoms with Gasteiger partial charge in [0.1, 0.15) is 4.90 Å². The first-order valence-corrected chi connectivity index (χ1v) is 7.33. The molecule has 94 valence electrons. The maximum absolute atomic E-state index is 12.2. The normalized spacial score (nSPS) is 21.9. The predicted molar refractivity (Wildman–Crippen MR) is 64.2 cm³/mol. The highest BCUT2D eigenvalue weighted by atomic mass is 35.5. The fraction of sp³-hybridized carbons (Fsp3) is 0.600. The van der Waals surface area contributed by atoms with E-state index >= 15 is 0 Å². The lowest BCUT2D eigenvalue weighted by atomic mass is 10.1. The van der Waals surface area contributed by atoms with E-state index in [1.165, 1.54) is 16.7 Å². The molecule has 2 heterocycles. The minimum Gasteiger partial charge on any atom is -0.225 e. The number of nitrogens with zero attached hydrogens (tertiary/aromatic N) is 3. The molecule has 0 radical (unpaired) electrons. The number of hydrogen-bond acceptors (Lipinski definition) is 4. The van der Waals surface area contributed by atoms with Crippen LogP contribution in [0, 0.1) is 5.92 Å². The number of hydrogen-bond donors (Lipinski definition) is 0. The molecule has 1 aliphatic heterocycles. The minimum absolute atomic E-state index is 0.0526. The average Bonchev–Trinajstić information content (AvgIpc) is 2.78. The zero-order valence-corrected chi connectivity index (χ0v) is 11.1. The Morgan fingerprint density at radius 3 is 2.65 bits per heavy atom. The summed E-state index contributed by atoms with van der Waals surface area (Å²) in [5, 5.41) is 0.0526. The second-order valence-corrected chi connectivity index (χ2v) is 6.39. The highest BCUT2D eigenvalue weighted by molar-refractivity contribution is 7.89. The molecule has 1 aromatic rings. The molecule has 1 aromatic heterocycles. The summed E-state index contributed by atoms with van der Waals surface area (Å²) in [7, 11) is -3.45. The van der Waals surface area contributed by atoms with Crippen molar-refractivity contribution in [1.82, 2.24) is 14.3 Å². The highest BCUT2D eigenvalue weighted by Gasteiger charge is 2.32. The Morgan fingerprint density at radius 1 is 1.47 bits per heavy atom. The maximum atomic E-state index is 12.2. The molecule has 1 fully saturated rings. The minimum atomic E-state index is -3.45. The van der Waals surface area contributed by atoms with Crippen molar-refractivity contribution >= 4 is 21.6 Å². The Bertz CT molecular complexity index is 489. The van der Waals surface area contributed by atoms with Crippen LogP contribution in [0.25, 0.3) is 0 Å². The fourth-order valence-electron chi connectivity index (χ4n) is 1.93. The van der Waals surface area contributed by atoms with Gasteiger partial charge in [-0.3, -0.25) is 0 Å². The third-order valence-corrected chi connectivity index (χ3v) is 5.07. The molecule has 0 N–H and O–H groups in total. The van der Waals surface area contributed by atoms with Gasteiger partial charge in [-0.15, -0.1) is 0 Å². The van der Waals surface area contributed by atoms with Gasteiger partial charge in [-0.05, 0) is 23.9 Å². The lowest BCUT2D eigenvalue weighted by Gasteiger charge is -2.15.